The molecule has 0 spiro atoms. The van der Waals surface area contributed by atoms with Gasteiger partial charge in [-0.15, -0.1) is 0 Å². The van der Waals surface area contributed by atoms with Crippen molar-refractivity contribution in [1.29, 1.82) is 0 Å². The van der Waals surface area contributed by atoms with Crippen molar-refractivity contribution >= 4 is 11.4 Å². The van der Waals surface area contributed by atoms with Gasteiger partial charge < -0.3 is 14.8 Å². The molecular weight excluding hydrogens is 226 g/mol. The minimum atomic E-state index is 0.686. The highest BCUT2D eigenvalue weighted by Gasteiger charge is 1.97. The van der Waals surface area contributed by atoms with Crippen molar-refractivity contribution in [3.8, 4) is 11.5 Å². The summed E-state index contributed by atoms with van der Waals surface area (Å²) in [5, 5.41) is 3.31. The van der Waals surface area contributed by atoms with Crippen LogP contribution in [0, 0.1) is 0 Å². The lowest BCUT2D eigenvalue weighted by molar-refractivity contribution is 0.340. The van der Waals surface area contributed by atoms with Crippen LogP contribution >= 0.6 is 0 Å². The van der Waals surface area contributed by atoms with Gasteiger partial charge in [0.25, 0.3) is 0 Å². The average molecular weight is 243 g/mol. The van der Waals surface area contributed by atoms with E-state index < -0.39 is 0 Å². The van der Waals surface area contributed by atoms with Gasteiger partial charge >= 0.3 is 0 Å². The molecule has 3 nitrogen and oxygen atoms in total. The quantitative estimate of drug-likeness (QED) is 0.865. The van der Waals surface area contributed by atoms with Crippen molar-refractivity contribution in [3.63, 3.8) is 0 Å². The molecule has 2 aromatic rings. The van der Waals surface area contributed by atoms with Gasteiger partial charge in [0.05, 0.1) is 13.7 Å². The van der Waals surface area contributed by atoms with E-state index in [1.165, 1.54) is 0 Å². The van der Waals surface area contributed by atoms with Crippen LogP contribution in [0.15, 0.2) is 48.5 Å². The second kappa shape index (κ2) is 5.96. The number of ether oxygens (including phenoxy) is 2. The van der Waals surface area contributed by atoms with E-state index in [0.717, 1.165) is 22.9 Å². The van der Waals surface area contributed by atoms with Crippen LogP contribution in [0.3, 0.4) is 0 Å². The van der Waals surface area contributed by atoms with Crippen LogP contribution in [-0.2, 0) is 0 Å². The van der Waals surface area contributed by atoms with Crippen LogP contribution < -0.4 is 14.8 Å². The van der Waals surface area contributed by atoms with Crippen LogP contribution in [0.4, 0.5) is 11.4 Å². The van der Waals surface area contributed by atoms with Crippen molar-refractivity contribution in [1.82, 2.24) is 0 Å². The largest absolute Gasteiger partial charge is 0.497 e. The predicted molar refractivity (Wildman–Crippen MR) is 73.9 cm³/mol. The van der Waals surface area contributed by atoms with E-state index in [4.69, 9.17) is 9.47 Å². The number of hydrogen-bond acceptors (Lipinski definition) is 3. The monoisotopic (exact) mass is 243 g/mol. The van der Waals surface area contributed by atoms with Crippen molar-refractivity contribution in [2.24, 2.45) is 0 Å². The van der Waals surface area contributed by atoms with Crippen molar-refractivity contribution in [3.05, 3.63) is 48.5 Å². The second-order valence-electron chi connectivity index (χ2n) is 3.81. The first-order valence-electron chi connectivity index (χ1n) is 5.96. The van der Waals surface area contributed by atoms with Crippen LogP contribution in [0.2, 0.25) is 0 Å². The van der Waals surface area contributed by atoms with Gasteiger partial charge in [0, 0.05) is 11.4 Å². The van der Waals surface area contributed by atoms with E-state index in [9.17, 15) is 0 Å². The Bertz CT molecular complexity index is 477. The SMILES string of the molecule is CCOc1ccc(Nc2ccc(OC)cc2)cc1. The third-order valence-electron chi connectivity index (χ3n) is 2.54. The fraction of sp³-hybridized carbons (Fsp3) is 0.200. The van der Waals surface area contributed by atoms with E-state index >= 15 is 0 Å². The zero-order chi connectivity index (χ0) is 12.8. The first kappa shape index (κ1) is 12.3. The first-order valence-corrected chi connectivity index (χ1v) is 5.96. The van der Waals surface area contributed by atoms with E-state index in [0.29, 0.717) is 6.61 Å². The van der Waals surface area contributed by atoms with Crippen LogP contribution in [-0.4, -0.2) is 13.7 Å². The third-order valence-corrected chi connectivity index (χ3v) is 2.54. The Kier molecular flexibility index (Phi) is 4.07. The molecule has 0 saturated heterocycles. The van der Waals surface area contributed by atoms with Gasteiger partial charge in [-0.05, 0) is 55.5 Å². The Morgan fingerprint density at radius 2 is 1.33 bits per heavy atom. The Morgan fingerprint density at radius 3 is 1.78 bits per heavy atom. The molecule has 0 saturated carbocycles. The summed E-state index contributed by atoms with van der Waals surface area (Å²) in [4.78, 5) is 0. The van der Waals surface area contributed by atoms with Gasteiger partial charge in [-0.25, -0.2) is 0 Å². The van der Waals surface area contributed by atoms with Crippen LogP contribution in [0.5, 0.6) is 11.5 Å². The molecule has 18 heavy (non-hydrogen) atoms. The molecule has 0 aromatic heterocycles. The van der Waals surface area contributed by atoms with Crippen LogP contribution in [0.25, 0.3) is 0 Å². The molecule has 0 amide bonds. The molecule has 2 aromatic carbocycles. The standard InChI is InChI=1S/C15H17NO2/c1-3-18-15-10-6-13(7-11-15)16-12-4-8-14(17-2)9-5-12/h4-11,16H,3H2,1-2H3. The van der Waals surface area contributed by atoms with Gasteiger partial charge in [-0.1, -0.05) is 0 Å². The van der Waals surface area contributed by atoms with E-state index in [1.54, 1.807) is 7.11 Å². The zero-order valence-corrected chi connectivity index (χ0v) is 10.6. The maximum Gasteiger partial charge on any atom is 0.119 e. The minimum Gasteiger partial charge on any atom is -0.497 e. The molecule has 0 aliphatic rings. The van der Waals surface area contributed by atoms with Crippen molar-refractivity contribution < 1.29 is 9.47 Å². The van der Waals surface area contributed by atoms with Crippen LogP contribution in [0.1, 0.15) is 6.92 Å². The normalized spacial score (nSPS) is 9.89. The summed E-state index contributed by atoms with van der Waals surface area (Å²) in [7, 11) is 1.66. The summed E-state index contributed by atoms with van der Waals surface area (Å²) in [5.41, 5.74) is 2.06. The first-order chi connectivity index (χ1) is 8.81. The highest BCUT2D eigenvalue weighted by molar-refractivity contribution is 5.60. The molecule has 1 N–H and O–H groups in total. The highest BCUT2D eigenvalue weighted by atomic mass is 16.5. The number of anilines is 2. The Morgan fingerprint density at radius 1 is 0.833 bits per heavy atom. The van der Waals surface area contributed by atoms with Gasteiger partial charge in [-0.3, -0.25) is 0 Å². The number of nitrogens with one attached hydrogen (secondary N) is 1. The third kappa shape index (κ3) is 3.17. The fourth-order valence-electron chi connectivity index (χ4n) is 1.64. The lowest BCUT2D eigenvalue weighted by Crippen LogP contribution is -1.93. The number of hydrogen-bond donors (Lipinski definition) is 1. The molecule has 0 bridgehead atoms. The van der Waals surface area contributed by atoms with E-state index in [-0.39, 0.29) is 0 Å². The molecule has 0 aliphatic heterocycles. The summed E-state index contributed by atoms with van der Waals surface area (Å²) in [6, 6.07) is 15.7. The molecule has 3 heteroatoms. The lowest BCUT2D eigenvalue weighted by atomic mass is 10.2. The van der Waals surface area contributed by atoms with Crippen molar-refractivity contribution in [2.45, 2.75) is 6.92 Å². The van der Waals surface area contributed by atoms with Gasteiger partial charge in [0.1, 0.15) is 11.5 Å². The number of methoxy groups -OCH3 is 1. The Labute approximate surface area is 107 Å². The van der Waals surface area contributed by atoms with E-state index in [2.05, 4.69) is 5.32 Å². The highest BCUT2D eigenvalue weighted by Crippen LogP contribution is 2.21. The molecule has 0 heterocycles. The van der Waals surface area contributed by atoms with Crippen molar-refractivity contribution in [2.75, 3.05) is 19.0 Å². The maximum atomic E-state index is 5.40. The Hall–Kier alpha value is -2.16. The molecule has 0 unspecified atom stereocenters. The van der Waals surface area contributed by atoms with Gasteiger partial charge in [0.15, 0.2) is 0 Å². The Balaban J connectivity index is 2.03. The number of benzene rings is 2. The summed E-state index contributed by atoms with van der Waals surface area (Å²) >= 11 is 0. The molecule has 0 radical (unpaired) electrons. The number of rotatable bonds is 5. The lowest BCUT2D eigenvalue weighted by Gasteiger charge is -2.08. The van der Waals surface area contributed by atoms with E-state index in [1.807, 2.05) is 55.5 Å². The molecular formula is C15H17NO2. The van der Waals surface area contributed by atoms with Gasteiger partial charge in [0.2, 0.25) is 0 Å². The molecule has 0 aliphatic carbocycles. The molecule has 0 atom stereocenters. The smallest absolute Gasteiger partial charge is 0.119 e. The second-order valence-corrected chi connectivity index (χ2v) is 3.81. The summed E-state index contributed by atoms with van der Waals surface area (Å²) in [6.07, 6.45) is 0. The molecule has 0 fully saturated rings. The topological polar surface area (TPSA) is 30.5 Å². The fourth-order valence-corrected chi connectivity index (χ4v) is 1.64. The molecule has 94 valence electrons. The zero-order valence-electron chi connectivity index (χ0n) is 10.6. The van der Waals surface area contributed by atoms with Gasteiger partial charge in [-0.2, -0.15) is 0 Å². The molecule has 2 rings (SSSR count). The summed E-state index contributed by atoms with van der Waals surface area (Å²) in [5.74, 6) is 1.74. The summed E-state index contributed by atoms with van der Waals surface area (Å²) < 4.78 is 10.5. The maximum absolute atomic E-state index is 5.40. The summed E-state index contributed by atoms with van der Waals surface area (Å²) in [6.45, 7) is 2.66. The minimum absolute atomic E-state index is 0.686. The predicted octanol–water partition coefficient (Wildman–Crippen LogP) is 3.84. The average Bonchev–Trinajstić information content (AvgIpc) is 2.42.